The SMILES string of the molecule is CCCCO[PH](=O)C(C)CC.[AlH3]. The molecule has 0 aromatic carbocycles. The molecule has 0 aliphatic carbocycles. The lowest BCUT2D eigenvalue weighted by molar-refractivity contribution is 0.315. The van der Waals surface area contributed by atoms with E-state index in [1.54, 1.807) is 0 Å². The van der Waals surface area contributed by atoms with Crippen LogP contribution in [0.2, 0.25) is 0 Å². The van der Waals surface area contributed by atoms with Crippen LogP contribution in [0.5, 0.6) is 0 Å². The highest BCUT2D eigenvalue weighted by molar-refractivity contribution is 7.39. The second-order valence-electron chi connectivity index (χ2n) is 2.83. The van der Waals surface area contributed by atoms with E-state index in [0.29, 0.717) is 6.61 Å². The van der Waals surface area contributed by atoms with Gasteiger partial charge in [0.05, 0.1) is 6.61 Å². The first-order chi connectivity index (χ1) is 5.22. The normalized spacial score (nSPS) is 14.9. The maximum atomic E-state index is 11.2. The molecule has 0 saturated carbocycles. The fourth-order valence-electron chi connectivity index (χ4n) is 0.626. The van der Waals surface area contributed by atoms with E-state index in [1.165, 1.54) is 0 Å². The lowest BCUT2D eigenvalue weighted by Crippen LogP contribution is -1.96. The van der Waals surface area contributed by atoms with Crippen LogP contribution in [0.25, 0.3) is 0 Å². The molecule has 0 aromatic heterocycles. The number of hydrogen-bond donors (Lipinski definition) is 0. The van der Waals surface area contributed by atoms with E-state index in [2.05, 4.69) is 6.92 Å². The molecule has 0 saturated heterocycles. The second kappa shape index (κ2) is 9.81. The Morgan fingerprint density at radius 1 is 1.42 bits per heavy atom. The molecule has 0 aliphatic rings. The molecule has 4 heteroatoms. The molecule has 2 nitrogen and oxygen atoms in total. The summed E-state index contributed by atoms with van der Waals surface area (Å²) in [4.78, 5) is 0. The summed E-state index contributed by atoms with van der Waals surface area (Å²) < 4.78 is 16.4. The minimum atomic E-state index is -1.74. The topological polar surface area (TPSA) is 26.3 Å². The third-order valence-corrected chi connectivity index (χ3v) is 3.46. The van der Waals surface area contributed by atoms with Crippen LogP contribution in [-0.4, -0.2) is 29.6 Å². The summed E-state index contributed by atoms with van der Waals surface area (Å²) in [5, 5.41) is 0. The van der Waals surface area contributed by atoms with Crippen LogP contribution in [0.3, 0.4) is 0 Å². The average molecular weight is 208 g/mol. The van der Waals surface area contributed by atoms with Crippen LogP contribution in [-0.2, 0) is 9.09 Å². The van der Waals surface area contributed by atoms with E-state index < -0.39 is 8.03 Å². The Labute approximate surface area is 87.1 Å². The Balaban J connectivity index is 0. The molecule has 2 unspecified atom stereocenters. The predicted molar refractivity (Wildman–Crippen MR) is 59.6 cm³/mol. The molecule has 0 amide bonds. The van der Waals surface area contributed by atoms with E-state index in [0.717, 1.165) is 19.3 Å². The molecule has 2 atom stereocenters. The van der Waals surface area contributed by atoms with Crippen molar-refractivity contribution in [1.82, 2.24) is 0 Å². The maximum absolute atomic E-state index is 11.2. The minimum Gasteiger partial charge on any atom is -0.330 e. The van der Waals surface area contributed by atoms with Crippen molar-refractivity contribution < 1.29 is 9.09 Å². The summed E-state index contributed by atoms with van der Waals surface area (Å²) in [5.41, 5.74) is 0.247. The van der Waals surface area contributed by atoms with E-state index in [-0.39, 0.29) is 23.0 Å². The molecular formula is C8H22AlO2P. The van der Waals surface area contributed by atoms with Crippen molar-refractivity contribution >= 4 is 25.4 Å². The summed E-state index contributed by atoms with van der Waals surface area (Å²) in [5.74, 6) is 0. The first-order valence-corrected chi connectivity index (χ1v) is 5.78. The molecule has 0 aliphatic heterocycles. The molecule has 74 valence electrons. The van der Waals surface area contributed by atoms with E-state index in [9.17, 15) is 4.57 Å². The van der Waals surface area contributed by atoms with Crippen LogP contribution < -0.4 is 0 Å². The van der Waals surface area contributed by atoms with Gasteiger partial charge in [-0.1, -0.05) is 27.2 Å². The summed E-state index contributed by atoms with van der Waals surface area (Å²) >= 11 is 0. The molecular weight excluding hydrogens is 186 g/mol. The molecule has 0 N–H and O–H groups in total. The van der Waals surface area contributed by atoms with Crippen molar-refractivity contribution in [3.05, 3.63) is 0 Å². The largest absolute Gasteiger partial charge is 0.330 e. The third kappa shape index (κ3) is 7.38. The zero-order chi connectivity index (χ0) is 8.69. The van der Waals surface area contributed by atoms with Gasteiger partial charge in [-0.05, 0) is 12.8 Å². The first-order valence-electron chi connectivity index (χ1n) is 4.39. The molecule has 0 rings (SSSR count). The van der Waals surface area contributed by atoms with Crippen LogP contribution >= 0.6 is 8.03 Å². The number of unbranched alkanes of at least 4 members (excludes halogenated alkanes) is 1. The van der Waals surface area contributed by atoms with Crippen molar-refractivity contribution in [2.75, 3.05) is 6.61 Å². The predicted octanol–water partition coefficient (Wildman–Crippen LogP) is 1.89. The molecule has 0 heterocycles. The van der Waals surface area contributed by atoms with Crippen LogP contribution in [0.4, 0.5) is 0 Å². The van der Waals surface area contributed by atoms with Crippen molar-refractivity contribution in [3.63, 3.8) is 0 Å². The van der Waals surface area contributed by atoms with Gasteiger partial charge in [-0.3, -0.25) is 4.57 Å². The molecule has 0 radical (unpaired) electrons. The van der Waals surface area contributed by atoms with E-state index >= 15 is 0 Å². The zero-order valence-corrected chi connectivity index (χ0v) is 8.72. The van der Waals surface area contributed by atoms with E-state index in [1.807, 2.05) is 13.8 Å². The lowest BCUT2D eigenvalue weighted by Gasteiger charge is -2.08. The number of hydrogen-bond acceptors (Lipinski definition) is 2. The molecule has 0 spiro atoms. The van der Waals surface area contributed by atoms with Gasteiger partial charge >= 0.3 is 0 Å². The standard InChI is InChI=1S/C8H19O2P.Al.3H/c1-4-6-7-10-11(9)8(3)5-2;;;;/h8,11H,4-7H2,1-3H3;;;;. The van der Waals surface area contributed by atoms with Gasteiger partial charge in [-0.25, -0.2) is 0 Å². The van der Waals surface area contributed by atoms with Gasteiger partial charge in [0.25, 0.3) is 0 Å². The van der Waals surface area contributed by atoms with Gasteiger partial charge in [0.2, 0.25) is 0 Å². The summed E-state index contributed by atoms with van der Waals surface area (Å²) in [6.45, 7) is 6.78. The Bertz CT molecular complexity index is 120. The Hall–Kier alpha value is 0.722. The highest BCUT2D eigenvalue weighted by Crippen LogP contribution is 2.31. The van der Waals surface area contributed by atoms with Crippen LogP contribution in [0.15, 0.2) is 0 Å². The van der Waals surface area contributed by atoms with Gasteiger partial charge in [0, 0.05) is 5.66 Å². The van der Waals surface area contributed by atoms with E-state index in [4.69, 9.17) is 4.52 Å². The van der Waals surface area contributed by atoms with Crippen molar-refractivity contribution in [3.8, 4) is 0 Å². The molecule has 12 heavy (non-hydrogen) atoms. The summed E-state index contributed by atoms with van der Waals surface area (Å²) in [6.07, 6.45) is 3.08. The third-order valence-electron chi connectivity index (χ3n) is 1.76. The second-order valence-corrected chi connectivity index (χ2v) is 4.74. The molecule has 0 bridgehead atoms. The fraction of sp³-hybridized carbons (Fsp3) is 1.00. The fourth-order valence-corrected chi connectivity index (χ4v) is 1.59. The van der Waals surface area contributed by atoms with Gasteiger partial charge in [-0.15, -0.1) is 0 Å². The maximum Gasteiger partial charge on any atom is 0.194 e. The summed E-state index contributed by atoms with van der Waals surface area (Å²) in [7, 11) is -1.74. The Morgan fingerprint density at radius 2 is 2.00 bits per heavy atom. The highest BCUT2D eigenvalue weighted by Gasteiger charge is 2.07. The molecule has 0 fully saturated rings. The minimum absolute atomic E-state index is 0. The van der Waals surface area contributed by atoms with Crippen molar-refractivity contribution in [1.29, 1.82) is 0 Å². The quantitative estimate of drug-likeness (QED) is 0.378. The smallest absolute Gasteiger partial charge is 0.194 e. The van der Waals surface area contributed by atoms with Crippen molar-refractivity contribution in [2.24, 2.45) is 0 Å². The van der Waals surface area contributed by atoms with Crippen molar-refractivity contribution in [2.45, 2.75) is 45.7 Å². The Kier molecular flexibility index (Phi) is 12.4. The summed E-state index contributed by atoms with van der Waals surface area (Å²) in [6, 6.07) is 0. The van der Waals surface area contributed by atoms with Crippen LogP contribution in [0.1, 0.15) is 40.0 Å². The Morgan fingerprint density at radius 3 is 2.42 bits per heavy atom. The van der Waals surface area contributed by atoms with Gasteiger partial charge < -0.3 is 4.52 Å². The molecule has 0 aromatic rings. The van der Waals surface area contributed by atoms with Gasteiger partial charge in [-0.2, -0.15) is 0 Å². The van der Waals surface area contributed by atoms with Gasteiger partial charge in [0.1, 0.15) is 0 Å². The zero-order valence-electron chi connectivity index (χ0n) is 7.72. The highest BCUT2D eigenvalue weighted by atomic mass is 31.1. The number of rotatable bonds is 6. The average Bonchev–Trinajstić information content (AvgIpc) is 2.03. The van der Waals surface area contributed by atoms with Gasteiger partial charge in [0.15, 0.2) is 25.4 Å². The monoisotopic (exact) mass is 208 g/mol. The first kappa shape index (κ1) is 15.2. The van der Waals surface area contributed by atoms with Crippen LogP contribution in [0, 0.1) is 0 Å². The lowest BCUT2D eigenvalue weighted by atomic mass is 10.4.